The Bertz CT molecular complexity index is 242. The molecule has 3 nitrogen and oxygen atoms in total. The van der Waals surface area contributed by atoms with Gasteiger partial charge < -0.3 is 10.1 Å². The van der Waals surface area contributed by atoms with Gasteiger partial charge in [0.25, 0.3) is 0 Å². The maximum Gasteiger partial charge on any atom is 0.307 e. The van der Waals surface area contributed by atoms with Gasteiger partial charge in [-0.05, 0) is 32.2 Å². The Hall–Kier alpha value is -0.570. The molecule has 1 saturated carbocycles. The number of hydrogen-bond donors (Lipinski definition) is 1. The topological polar surface area (TPSA) is 38.3 Å². The van der Waals surface area contributed by atoms with E-state index in [4.69, 9.17) is 4.74 Å². The first kappa shape index (κ1) is 14.5. The zero-order valence-electron chi connectivity index (χ0n) is 11.6. The highest BCUT2D eigenvalue weighted by atomic mass is 16.5. The third kappa shape index (κ3) is 4.30. The summed E-state index contributed by atoms with van der Waals surface area (Å²) in [6, 6.07) is 0. The molecule has 0 spiro atoms. The Labute approximate surface area is 105 Å². The standard InChI is InChI=1S/C14H27NO2/c1-4-6-12-7-5-9-14(15-2,10-8-12)11-13(16)17-3/h12,15H,4-11H2,1-3H3. The zero-order chi connectivity index (χ0) is 12.7. The van der Waals surface area contributed by atoms with Crippen molar-refractivity contribution < 1.29 is 9.53 Å². The van der Waals surface area contributed by atoms with Crippen LogP contribution in [0.4, 0.5) is 0 Å². The molecule has 1 N–H and O–H groups in total. The molecule has 0 aromatic heterocycles. The Morgan fingerprint density at radius 1 is 1.41 bits per heavy atom. The Morgan fingerprint density at radius 2 is 2.18 bits per heavy atom. The normalized spacial score (nSPS) is 29.7. The van der Waals surface area contributed by atoms with Crippen LogP contribution < -0.4 is 5.32 Å². The van der Waals surface area contributed by atoms with E-state index in [2.05, 4.69) is 12.2 Å². The number of rotatable bonds is 5. The van der Waals surface area contributed by atoms with Crippen molar-refractivity contribution in [3.63, 3.8) is 0 Å². The fourth-order valence-corrected chi connectivity index (χ4v) is 3.04. The average molecular weight is 241 g/mol. The van der Waals surface area contributed by atoms with E-state index in [1.54, 1.807) is 0 Å². The summed E-state index contributed by atoms with van der Waals surface area (Å²) in [6.07, 6.45) is 9.10. The number of ether oxygens (including phenoxy) is 1. The van der Waals surface area contributed by atoms with Crippen LogP contribution in [0.3, 0.4) is 0 Å². The van der Waals surface area contributed by atoms with Gasteiger partial charge in [0.05, 0.1) is 13.5 Å². The molecule has 0 radical (unpaired) electrons. The minimum Gasteiger partial charge on any atom is -0.469 e. The molecule has 1 aliphatic rings. The van der Waals surface area contributed by atoms with Gasteiger partial charge in [0, 0.05) is 5.54 Å². The number of carbonyl (C=O) groups excluding carboxylic acids is 1. The summed E-state index contributed by atoms with van der Waals surface area (Å²) in [7, 11) is 3.45. The van der Waals surface area contributed by atoms with Crippen molar-refractivity contribution in [2.24, 2.45) is 5.92 Å². The Morgan fingerprint density at radius 3 is 2.76 bits per heavy atom. The van der Waals surface area contributed by atoms with Crippen LogP contribution in [0.25, 0.3) is 0 Å². The van der Waals surface area contributed by atoms with Crippen LogP contribution in [0, 0.1) is 5.92 Å². The highest BCUT2D eigenvalue weighted by Gasteiger charge is 2.33. The second-order valence-electron chi connectivity index (χ2n) is 5.37. The van der Waals surface area contributed by atoms with Gasteiger partial charge in [-0.3, -0.25) is 4.79 Å². The lowest BCUT2D eigenvalue weighted by Gasteiger charge is -2.31. The van der Waals surface area contributed by atoms with Gasteiger partial charge >= 0.3 is 5.97 Å². The molecule has 0 saturated heterocycles. The van der Waals surface area contributed by atoms with Gasteiger partial charge in [0.2, 0.25) is 0 Å². The van der Waals surface area contributed by atoms with Crippen molar-refractivity contribution in [3.05, 3.63) is 0 Å². The number of hydrogen-bond acceptors (Lipinski definition) is 3. The molecule has 17 heavy (non-hydrogen) atoms. The summed E-state index contributed by atoms with van der Waals surface area (Å²) in [6.45, 7) is 2.25. The summed E-state index contributed by atoms with van der Waals surface area (Å²) in [5.41, 5.74) is -0.0183. The maximum absolute atomic E-state index is 11.5. The monoisotopic (exact) mass is 241 g/mol. The lowest BCUT2D eigenvalue weighted by molar-refractivity contribution is -0.142. The van der Waals surface area contributed by atoms with Crippen molar-refractivity contribution in [1.29, 1.82) is 0 Å². The largest absolute Gasteiger partial charge is 0.469 e. The molecule has 0 bridgehead atoms. The van der Waals surface area contributed by atoms with E-state index < -0.39 is 0 Å². The van der Waals surface area contributed by atoms with E-state index in [9.17, 15) is 4.79 Å². The molecular weight excluding hydrogens is 214 g/mol. The van der Waals surface area contributed by atoms with Crippen molar-refractivity contribution in [3.8, 4) is 0 Å². The van der Waals surface area contributed by atoms with Crippen LogP contribution in [-0.4, -0.2) is 25.7 Å². The molecule has 1 rings (SSSR count). The Balaban J connectivity index is 2.57. The van der Waals surface area contributed by atoms with Crippen LogP contribution in [0.5, 0.6) is 0 Å². The average Bonchev–Trinajstić information content (AvgIpc) is 2.53. The van der Waals surface area contributed by atoms with Crippen LogP contribution in [0.2, 0.25) is 0 Å². The van der Waals surface area contributed by atoms with Crippen molar-refractivity contribution >= 4 is 5.97 Å². The van der Waals surface area contributed by atoms with Gasteiger partial charge in [-0.15, -0.1) is 0 Å². The minimum atomic E-state index is -0.0895. The van der Waals surface area contributed by atoms with Crippen molar-refractivity contribution in [1.82, 2.24) is 5.32 Å². The summed E-state index contributed by atoms with van der Waals surface area (Å²) in [5, 5.41) is 3.38. The molecule has 2 atom stereocenters. The number of esters is 1. The molecule has 1 aliphatic carbocycles. The Kier molecular flexibility index (Phi) is 5.96. The van der Waals surface area contributed by atoms with Gasteiger partial charge in [-0.25, -0.2) is 0 Å². The SMILES string of the molecule is CCCC1CCCC(CC(=O)OC)(NC)CC1. The number of methoxy groups -OCH3 is 1. The highest BCUT2D eigenvalue weighted by Crippen LogP contribution is 2.34. The molecule has 100 valence electrons. The smallest absolute Gasteiger partial charge is 0.307 e. The zero-order valence-corrected chi connectivity index (χ0v) is 11.6. The highest BCUT2D eigenvalue weighted by molar-refractivity contribution is 5.70. The predicted octanol–water partition coefficient (Wildman–Crippen LogP) is 2.89. The predicted molar refractivity (Wildman–Crippen MR) is 69.9 cm³/mol. The van der Waals surface area contributed by atoms with E-state index >= 15 is 0 Å². The fraction of sp³-hybridized carbons (Fsp3) is 0.929. The first-order valence-corrected chi connectivity index (χ1v) is 6.91. The molecule has 0 amide bonds. The summed E-state index contributed by atoms with van der Waals surface area (Å²) >= 11 is 0. The molecule has 2 unspecified atom stereocenters. The van der Waals surface area contributed by atoms with E-state index in [-0.39, 0.29) is 11.5 Å². The molecule has 1 fully saturated rings. The van der Waals surface area contributed by atoms with Gasteiger partial charge in [-0.2, -0.15) is 0 Å². The summed E-state index contributed by atoms with van der Waals surface area (Å²) < 4.78 is 4.82. The first-order chi connectivity index (χ1) is 8.15. The summed E-state index contributed by atoms with van der Waals surface area (Å²) in [4.78, 5) is 11.5. The lowest BCUT2D eigenvalue weighted by Crippen LogP contribution is -2.44. The van der Waals surface area contributed by atoms with Crippen LogP contribution >= 0.6 is 0 Å². The fourth-order valence-electron chi connectivity index (χ4n) is 3.04. The third-order valence-electron chi connectivity index (χ3n) is 4.24. The molecule has 0 aromatic rings. The molecule has 0 aliphatic heterocycles. The van der Waals surface area contributed by atoms with Crippen molar-refractivity contribution in [2.75, 3.05) is 14.2 Å². The lowest BCUT2D eigenvalue weighted by atomic mass is 9.86. The maximum atomic E-state index is 11.5. The minimum absolute atomic E-state index is 0.0183. The molecule has 3 heteroatoms. The molecular formula is C14H27NO2. The van der Waals surface area contributed by atoms with Crippen LogP contribution in [0.15, 0.2) is 0 Å². The first-order valence-electron chi connectivity index (χ1n) is 6.91. The van der Waals surface area contributed by atoms with Crippen LogP contribution in [-0.2, 0) is 9.53 Å². The molecule has 0 heterocycles. The van der Waals surface area contributed by atoms with Gasteiger partial charge in [0.15, 0.2) is 0 Å². The van der Waals surface area contributed by atoms with Crippen molar-refractivity contribution in [2.45, 2.75) is 63.8 Å². The second kappa shape index (κ2) is 7.00. The van der Waals surface area contributed by atoms with E-state index in [0.29, 0.717) is 6.42 Å². The second-order valence-corrected chi connectivity index (χ2v) is 5.37. The van der Waals surface area contributed by atoms with Gasteiger partial charge in [-0.1, -0.05) is 32.6 Å². The number of nitrogens with one attached hydrogen (secondary N) is 1. The van der Waals surface area contributed by atoms with E-state index in [1.165, 1.54) is 39.2 Å². The quantitative estimate of drug-likeness (QED) is 0.594. The van der Waals surface area contributed by atoms with E-state index in [0.717, 1.165) is 18.8 Å². The molecule has 0 aromatic carbocycles. The summed E-state index contributed by atoms with van der Waals surface area (Å²) in [5.74, 6) is 0.765. The van der Waals surface area contributed by atoms with Crippen LogP contribution in [0.1, 0.15) is 58.3 Å². The van der Waals surface area contributed by atoms with E-state index in [1.807, 2.05) is 7.05 Å². The van der Waals surface area contributed by atoms with Gasteiger partial charge in [0.1, 0.15) is 0 Å². The third-order valence-corrected chi connectivity index (χ3v) is 4.24. The number of carbonyl (C=O) groups is 1.